The molecule has 2 fully saturated rings. The number of aliphatic hydroxyl groups excluding tert-OH is 1. The van der Waals surface area contributed by atoms with Gasteiger partial charge < -0.3 is 25.2 Å². The molecule has 200 valence electrons. The van der Waals surface area contributed by atoms with E-state index in [1.807, 2.05) is 60.7 Å². The Bertz CT molecular complexity index is 958. The van der Waals surface area contributed by atoms with E-state index in [0.29, 0.717) is 12.8 Å². The first-order valence-electron chi connectivity index (χ1n) is 13.8. The number of nitrogens with one attached hydrogen (secondary N) is 2. The predicted molar refractivity (Wildman–Crippen MR) is 142 cm³/mol. The zero-order chi connectivity index (χ0) is 25.9. The van der Waals surface area contributed by atoms with Gasteiger partial charge in [0.1, 0.15) is 12.2 Å². The van der Waals surface area contributed by atoms with Crippen molar-refractivity contribution in [2.45, 2.75) is 101 Å². The molecule has 2 amide bonds. The van der Waals surface area contributed by atoms with E-state index in [0.717, 1.165) is 62.5 Å². The number of benzene rings is 2. The van der Waals surface area contributed by atoms with Crippen LogP contribution in [0.4, 0.5) is 9.59 Å². The Morgan fingerprint density at radius 1 is 0.730 bits per heavy atom. The van der Waals surface area contributed by atoms with Crippen LogP contribution in [0.3, 0.4) is 0 Å². The highest BCUT2D eigenvalue weighted by molar-refractivity contribution is 5.68. The molecule has 0 heterocycles. The summed E-state index contributed by atoms with van der Waals surface area (Å²) < 4.78 is 11.3. The summed E-state index contributed by atoms with van der Waals surface area (Å²) in [6.45, 7) is 0. The lowest BCUT2D eigenvalue weighted by Crippen LogP contribution is -2.49. The number of carbonyl (C=O) groups excluding carboxylic acids is 2. The van der Waals surface area contributed by atoms with Crippen LogP contribution in [0.5, 0.6) is 0 Å². The van der Waals surface area contributed by atoms with Crippen molar-refractivity contribution < 1.29 is 24.2 Å². The van der Waals surface area contributed by atoms with Gasteiger partial charge in [-0.05, 0) is 81.8 Å². The van der Waals surface area contributed by atoms with Gasteiger partial charge in [0, 0.05) is 6.04 Å². The number of hydrogen-bond donors (Lipinski definition) is 3. The number of hydrogen-bond acceptors (Lipinski definition) is 5. The molecule has 2 aromatic rings. The highest BCUT2D eigenvalue weighted by Crippen LogP contribution is 2.22. The highest BCUT2D eigenvalue weighted by atomic mass is 16.6. The maximum absolute atomic E-state index is 12.7. The van der Waals surface area contributed by atoms with E-state index in [2.05, 4.69) is 10.6 Å². The van der Waals surface area contributed by atoms with E-state index in [-0.39, 0.29) is 24.7 Å². The minimum atomic E-state index is -0.906. The Morgan fingerprint density at radius 3 is 1.70 bits per heavy atom. The monoisotopic (exact) mass is 508 g/mol. The minimum absolute atomic E-state index is 0.0415. The fraction of sp³-hybridized carbons (Fsp3) is 0.533. The van der Waals surface area contributed by atoms with Gasteiger partial charge in [0.05, 0.1) is 12.1 Å². The van der Waals surface area contributed by atoms with E-state index in [9.17, 15) is 14.7 Å². The Labute approximate surface area is 219 Å². The lowest BCUT2D eigenvalue weighted by Gasteiger charge is -2.29. The second-order valence-corrected chi connectivity index (χ2v) is 10.4. The predicted octanol–water partition coefficient (Wildman–Crippen LogP) is 5.30. The molecule has 2 saturated carbocycles. The number of ether oxygens (including phenoxy) is 2. The maximum Gasteiger partial charge on any atom is 0.407 e. The van der Waals surface area contributed by atoms with Gasteiger partial charge in [0.2, 0.25) is 0 Å². The summed E-state index contributed by atoms with van der Waals surface area (Å²) in [7, 11) is 0. The van der Waals surface area contributed by atoms with Crippen molar-refractivity contribution >= 4 is 12.2 Å². The molecule has 0 radical (unpaired) electrons. The second-order valence-electron chi connectivity index (χ2n) is 10.4. The fourth-order valence-corrected chi connectivity index (χ4v) is 5.40. The fourth-order valence-electron chi connectivity index (χ4n) is 5.40. The zero-order valence-electron chi connectivity index (χ0n) is 21.5. The van der Waals surface area contributed by atoms with Gasteiger partial charge in [-0.25, -0.2) is 9.59 Å². The van der Waals surface area contributed by atoms with Gasteiger partial charge in [-0.3, -0.25) is 0 Å². The average molecular weight is 509 g/mol. The molecule has 2 aliphatic rings. The smallest absolute Gasteiger partial charge is 0.407 e. The molecule has 0 aromatic heterocycles. The largest absolute Gasteiger partial charge is 0.446 e. The SMILES string of the molecule is O=C(N[C@@H](Cc1ccccc1)C[C@H](O)[C@H](Cc1ccccc1)NC(=O)OC1CCCC1)OC1CCCC1. The number of alkyl carbamates (subject to hydrolysis) is 2. The average Bonchev–Trinajstić information content (AvgIpc) is 3.59. The van der Waals surface area contributed by atoms with Crippen molar-refractivity contribution in [1.82, 2.24) is 10.6 Å². The van der Waals surface area contributed by atoms with Crippen LogP contribution in [0.25, 0.3) is 0 Å². The van der Waals surface area contributed by atoms with Crippen LogP contribution in [0, 0.1) is 0 Å². The van der Waals surface area contributed by atoms with E-state index in [1.54, 1.807) is 0 Å². The van der Waals surface area contributed by atoms with Crippen molar-refractivity contribution in [3.63, 3.8) is 0 Å². The Balaban J connectivity index is 1.43. The van der Waals surface area contributed by atoms with Crippen molar-refractivity contribution in [2.75, 3.05) is 0 Å². The standard InChI is InChI=1S/C30H40N2O5/c33-28(27(20-23-13-5-2-6-14-23)32-30(35)37-26-17-9-10-18-26)21-24(19-22-11-3-1-4-12-22)31-29(34)36-25-15-7-8-16-25/h1-6,11-14,24-28,33H,7-10,15-21H2,(H,31,34)(H,32,35)/t24-,27-,28-/m0/s1. The van der Waals surface area contributed by atoms with Crippen LogP contribution in [0.1, 0.15) is 68.9 Å². The normalized spacial score (nSPS) is 18.6. The Kier molecular flexibility index (Phi) is 10.2. The molecule has 0 aliphatic heterocycles. The van der Waals surface area contributed by atoms with Crippen LogP contribution < -0.4 is 10.6 Å². The van der Waals surface area contributed by atoms with E-state index < -0.39 is 24.3 Å². The van der Waals surface area contributed by atoms with E-state index in [4.69, 9.17) is 9.47 Å². The molecule has 37 heavy (non-hydrogen) atoms. The molecule has 0 unspecified atom stereocenters. The quantitative estimate of drug-likeness (QED) is 0.383. The van der Waals surface area contributed by atoms with Gasteiger partial charge in [0.25, 0.3) is 0 Å². The zero-order valence-corrected chi connectivity index (χ0v) is 21.5. The summed E-state index contributed by atoms with van der Waals surface area (Å²) in [6, 6.07) is 18.7. The van der Waals surface area contributed by atoms with Crippen molar-refractivity contribution in [1.29, 1.82) is 0 Å². The van der Waals surface area contributed by atoms with Crippen molar-refractivity contribution in [2.24, 2.45) is 0 Å². The molecule has 0 bridgehead atoms. The third-order valence-corrected chi connectivity index (χ3v) is 7.39. The summed E-state index contributed by atoms with van der Waals surface area (Å²) in [5.41, 5.74) is 2.05. The van der Waals surface area contributed by atoms with Gasteiger partial charge in [0.15, 0.2) is 0 Å². The van der Waals surface area contributed by atoms with Crippen LogP contribution in [-0.2, 0) is 22.3 Å². The second kappa shape index (κ2) is 14.0. The highest BCUT2D eigenvalue weighted by Gasteiger charge is 2.29. The maximum atomic E-state index is 12.7. The molecule has 2 aromatic carbocycles. The Hall–Kier alpha value is -3.06. The van der Waals surface area contributed by atoms with Gasteiger partial charge >= 0.3 is 12.2 Å². The van der Waals surface area contributed by atoms with E-state index >= 15 is 0 Å². The number of amides is 2. The molecule has 3 N–H and O–H groups in total. The van der Waals surface area contributed by atoms with Crippen LogP contribution in [0.2, 0.25) is 0 Å². The van der Waals surface area contributed by atoms with Gasteiger partial charge in [-0.15, -0.1) is 0 Å². The molecule has 4 rings (SSSR count). The third kappa shape index (κ3) is 9.08. The topological polar surface area (TPSA) is 96.9 Å². The number of rotatable bonds is 11. The first-order chi connectivity index (χ1) is 18.0. The summed E-state index contributed by atoms with van der Waals surface area (Å²) >= 11 is 0. The van der Waals surface area contributed by atoms with Gasteiger partial charge in [-0.2, -0.15) is 0 Å². The molecular formula is C30H40N2O5. The van der Waals surface area contributed by atoms with Crippen LogP contribution in [0.15, 0.2) is 60.7 Å². The number of aliphatic hydroxyl groups is 1. The first-order valence-corrected chi connectivity index (χ1v) is 13.8. The van der Waals surface area contributed by atoms with Crippen molar-refractivity contribution in [3.05, 3.63) is 71.8 Å². The van der Waals surface area contributed by atoms with Gasteiger partial charge in [-0.1, -0.05) is 60.7 Å². The Morgan fingerprint density at radius 2 is 1.19 bits per heavy atom. The summed E-state index contributed by atoms with van der Waals surface area (Å²) in [6.07, 6.45) is 7.13. The summed E-state index contributed by atoms with van der Waals surface area (Å²) in [5, 5.41) is 17.3. The first kappa shape index (κ1) is 27.0. The molecule has 0 spiro atoms. The van der Waals surface area contributed by atoms with E-state index in [1.165, 1.54) is 0 Å². The van der Waals surface area contributed by atoms with Crippen molar-refractivity contribution in [3.8, 4) is 0 Å². The molecule has 2 aliphatic carbocycles. The summed E-state index contributed by atoms with van der Waals surface area (Å²) in [5.74, 6) is 0. The lowest BCUT2D eigenvalue weighted by atomic mass is 9.94. The molecule has 0 saturated heterocycles. The molecule has 7 heteroatoms. The van der Waals surface area contributed by atoms with Crippen LogP contribution >= 0.6 is 0 Å². The minimum Gasteiger partial charge on any atom is -0.446 e. The lowest BCUT2D eigenvalue weighted by molar-refractivity contribution is 0.0694. The molecular weight excluding hydrogens is 468 g/mol. The van der Waals surface area contributed by atoms with Crippen LogP contribution in [-0.4, -0.2) is 47.7 Å². The summed E-state index contributed by atoms with van der Waals surface area (Å²) in [4.78, 5) is 25.4. The third-order valence-electron chi connectivity index (χ3n) is 7.39. The molecule has 7 nitrogen and oxygen atoms in total. The number of carbonyl (C=O) groups is 2. The molecule has 3 atom stereocenters.